The largest absolute Gasteiger partial charge is 0.384 e. The van der Waals surface area contributed by atoms with E-state index < -0.39 is 6.10 Å². The summed E-state index contributed by atoms with van der Waals surface area (Å²) in [5.41, 5.74) is 4.64. The van der Waals surface area contributed by atoms with Gasteiger partial charge in [0.15, 0.2) is 0 Å². The first kappa shape index (κ1) is 14.5. The van der Waals surface area contributed by atoms with E-state index in [1.807, 2.05) is 18.2 Å². The number of fused-ring (bicyclic) bond motifs is 1. The van der Waals surface area contributed by atoms with E-state index in [9.17, 15) is 5.11 Å². The molecule has 1 aliphatic heterocycles. The fourth-order valence-corrected chi connectivity index (χ4v) is 3.56. The molecule has 0 amide bonds. The molecule has 1 fully saturated rings. The first-order chi connectivity index (χ1) is 11.3. The molecule has 118 valence electrons. The van der Waals surface area contributed by atoms with Crippen molar-refractivity contribution in [2.75, 3.05) is 37.6 Å². The van der Waals surface area contributed by atoms with Gasteiger partial charge in [-0.15, -0.1) is 0 Å². The topological polar surface area (TPSA) is 26.7 Å². The third-order valence-electron chi connectivity index (χ3n) is 4.88. The minimum Gasteiger partial charge on any atom is -0.384 e. The van der Waals surface area contributed by atoms with Crippen LogP contribution in [0.15, 0.2) is 60.2 Å². The Hall–Kier alpha value is -2.10. The number of benzene rings is 2. The maximum Gasteiger partial charge on any atom is 0.102 e. The molecule has 1 unspecified atom stereocenters. The molecule has 0 saturated carbocycles. The van der Waals surface area contributed by atoms with Gasteiger partial charge in [-0.3, -0.25) is 4.90 Å². The standard InChI is InChI=1S/C20H22N2O/c23-20-17(14-16-6-4-5-9-19(16)20)15-21-10-12-22(13-11-21)18-7-2-1-3-8-18/h1-9,14,20,23H,10-13,15H2. The molecule has 0 bridgehead atoms. The van der Waals surface area contributed by atoms with E-state index in [0.29, 0.717) is 0 Å². The molecular formula is C20H22N2O. The lowest BCUT2D eigenvalue weighted by atomic mass is 10.1. The number of nitrogens with zero attached hydrogens (tertiary/aromatic N) is 2. The first-order valence-electron chi connectivity index (χ1n) is 8.31. The molecule has 0 spiro atoms. The number of hydrogen-bond acceptors (Lipinski definition) is 3. The summed E-state index contributed by atoms with van der Waals surface area (Å²) in [4.78, 5) is 4.88. The second kappa shape index (κ2) is 6.19. The highest BCUT2D eigenvalue weighted by molar-refractivity contribution is 5.65. The van der Waals surface area contributed by atoms with Crippen LogP contribution >= 0.6 is 0 Å². The van der Waals surface area contributed by atoms with Crippen molar-refractivity contribution in [2.45, 2.75) is 6.10 Å². The van der Waals surface area contributed by atoms with Gasteiger partial charge in [-0.05, 0) is 28.8 Å². The number of para-hydroxylation sites is 1. The van der Waals surface area contributed by atoms with E-state index in [1.54, 1.807) is 0 Å². The molecule has 4 rings (SSSR count). The van der Waals surface area contributed by atoms with E-state index >= 15 is 0 Å². The van der Waals surface area contributed by atoms with Gasteiger partial charge in [0.05, 0.1) is 0 Å². The molecule has 23 heavy (non-hydrogen) atoms. The third kappa shape index (κ3) is 2.90. The molecule has 3 nitrogen and oxygen atoms in total. The number of rotatable bonds is 3. The lowest BCUT2D eigenvalue weighted by molar-refractivity contribution is 0.195. The number of aliphatic hydroxyl groups is 1. The molecule has 1 N–H and O–H groups in total. The van der Waals surface area contributed by atoms with Crippen molar-refractivity contribution in [3.05, 3.63) is 71.3 Å². The Morgan fingerprint density at radius 1 is 0.870 bits per heavy atom. The van der Waals surface area contributed by atoms with Crippen LogP contribution in [0.3, 0.4) is 0 Å². The normalized spacial score (nSPS) is 21.2. The van der Waals surface area contributed by atoms with Gasteiger partial charge in [0.25, 0.3) is 0 Å². The SMILES string of the molecule is OC1C(CN2CCN(c3ccccc3)CC2)=Cc2ccccc21. The Balaban J connectivity index is 1.37. The maximum atomic E-state index is 10.5. The number of hydrogen-bond donors (Lipinski definition) is 1. The lowest BCUT2D eigenvalue weighted by Crippen LogP contribution is -2.47. The van der Waals surface area contributed by atoms with Crippen LogP contribution in [-0.4, -0.2) is 42.7 Å². The average molecular weight is 306 g/mol. The van der Waals surface area contributed by atoms with Gasteiger partial charge in [-0.2, -0.15) is 0 Å². The molecule has 2 aromatic rings. The quantitative estimate of drug-likeness (QED) is 0.944. The summed E-state index contributed by atoms with van der Waals surface area (Å²) in [5, 5.41) is 10.5. The molecule has 2 aromatic carbocycles. The number of anilines is 1. The van der Waals surface area contributed by atoms with Crippen LogP contribution in [0.1, 0.15) is 17.2 Å². The highest BCUT2D eigenvalue weighted by Gasteiger charge is 2.25. The predicted molar refractivity (Wildman–Crippen MR) is 94.5 cm³/mol. The predicted octanol–water partition coefficient (Wildman–Crippen LogP) is 2.94. The van der Waals surface area contributed by atoms with Gasteiger partial charge in [0.2, 0.25) is 0 Å². The van der Waals surface area contributed by atoms with Gasteiger partial charge in [0, 0.05) is 38.4 Å². The Morgan fingerprint density at radius 3 is 2.30 bits per heavy atom. The zero-order valence-electron chi connectivity index (χ0n) is 13.2. The average Bonchev–Trinajstić information content (AvgIpc) is 2.93. The van der Waals surface area contributed by atoms with Crippen LogP contribution in [0.5, 0.6) is 0 Å². The van der Waals surface area contributed by atoms with Crippen LogP contribution in [0, 0.1) is 0 Å². The zero-order chi connectivity index (χ0) is 15.6. The van der Waals surface area contributed by atoms with E-state index in [4.69, 9.17) is 0 Å². The van der Waals surface area contributed by atoms with E-state index in [-0.39, 0.29) is 0 Å². The Morgan fingerprint density at radius 2 is 1.57 bits per heavy atom. The smallest absolute Gasteiger partial charge is 0.102 e. The molecular weight excluding hydrogens is 284 g/mol. The maximum absolute atomic E-state index is 10.5. The van der Waals surface area contributed by atoms with Crippen LogP contribution < -0.4 is 4.90 Å². The first-order valence-corrected chi connectivity index (χ1v) is 8.31. The highest BCUT2D eigenvalue weighted by Crippen LogP contribution is 2.34. The van der Waals surface area contributed by atoms with Gasteiger partial charge in [-0.1, -0.05) is 48.5 Å². The highest BCUT2D eigenvalue weighted by atomic mass is 16.3. The van der Waals surface area contributed by atoms with Gasteiger partial charge in [0.1, 0.15) is 6.10 Å². The second-order valence-corrected chi connectivity index (χ2v) is 6.35. The number of piperazine rings is 1. The summed E-state index contributed by atoms with van der Waals surface area (Å²) in [6, 6.07) is 18.7. The van der Waals surface area contributed by atoms with E-state index in [0.717, 1.165) is 49.4 Å². The Labute approximate surface area is 137 Å². The van der Waals surface area contributed by atoms with Gasteiger partial charge >= 0.3 is 0 Å². The van der Waals surface area contributed by atoms with Crippen molar-refractivity contribution in [1.82, 2.24) is 4.90 Å². The van der Waals surface area contributed by atoms with Gasteiger partial charge < -0.3 is 10.0 Å². The Kier molecular flexibility index (Phi) is 3.90. The summed E-state index contributed by atoms with van der Waals surface area (Å²) in [5.74, 6) is 0. The van der Waals surface area contributed by atoms with E-state index in [1.165, 1.54) is 5.69 Å². The molecule has 3 heteroatoms. The summed E-state index contributed by atoms with van der Waals surface area (Å²) >= 11 is 0. The van der Waals surface area contributed by atoms with Crippen molar-refractivity contribution >= 4 is 11.8 Å². The van der Waals surface area contributed by atoms with Crippen molar-refractivity contribution in [3.63, 3.8) is 0 Å². The summed E-state index contributed by atoms with van der Waals surface area (Å²) < 4.78 is 0. The summed E-state index contributed by atoms with van der Waals surface area (Å²) in [7, 11) is 0. The molecule has 1 heterocycles. The van der Waals surface area contributed by atoms with Crippen LogP contribution in [0.2, 0.25) is 0 Å². The van der Waals surface area contributed by atoms with Gasteiger partial charge in [-0.25, -0.2) is 0 Å². The van der Waals surface area contributed by atoms with Crippen LogP contribution in [0.4, 0.5) is 5.69 Å². The van der Waals surface area contributed by atoms with Crippen LogP contribution in [-0.2, 0) is 0 Å². The summed E-state index contributed by atoms with van der Waals surface area (Å²) in [6.45, 7) is 5.02. The fraction of sp³-hybridized carbons (Fsp3) is 0.300. The molecule has 0 radical (unpaired) electrons. The molecule has 1 saturated heterocycles. The minimum atomic E-state index is -0.432. The van der Waals surface area contributed by atoms with Crippen molar-refractivity contribution in [2.24, 2.45) is 0 Å². The van der Waals surface area contributed by atoms with Crippen molar-refractivity contribution in [1.29, 1.82) is 0 Å². The molecule has 1 atom stereocenters. The second-order valence-electron chi connectivity index (χ2n) is 6.35. The fourth-order valence-electron chi connectivity index (χ4n) is 3.56. The minimum absolute atomic E-state index is 0.432. The van der Waals surface area contributed by atoms with Crippen molar-refractivity contribution in [3.8, 4) is 0 Å². The molecule has 1 aliphatic carbocycles. The lowest BCUT2D eigenvalue weighted by Gasteiger charge is -2.36. The van der Waals surface area contributed by atoms with Crippen molar-refractivity contribution < 1.29 is 5.11 Å². The zero-order valence-corrected chi connectivity index (χ0v) is 13.2. The monoisotopic (exact) mass is 306 g/mol. The summed E-state index contributed by atoms with van der Waals surface area (Å²) in [6.07, 6.45) is 1.72. The molecule has 2 aliphatic rings. The number of aliphatic hydroxyl groups excluding tert-OH is 1. The third-order valence-corrected chi connectivity index (χ3v) is 4.88. The van der Waals surface area contributed by atoms with E-state index in [2.05, 4.69) is 52.3 Å². The molecule has 0 aromatic heterocycles. The van der Waals surface area contributed by atoms with Crippen LogP contribution in [0.25, 0.3) is 6.08 Å². The Bertz CT molecular complexity index is 703.